The smallest absolute Gasteiger partial charge is 0.127 e. The average molecular weight is 234 g/mol. The molecule has 2 aliphatic rings. The molecule has 1 aromatic rings. The van der Waals surface area contributed by atoms with E-state index in [1.807, 2.05) is 0 Å². The van der Waals surface area contributed by atoms with Crippen LogP contribution in [0.25, 0.3) is 0 Å². The van der Waals surface area contributed by atoms with Crippen LogP contribution in [-0.4, -0.2) is 34.3 Å². The Morgan fingerprint density at radius 2 is 2.06 bits per heavy atom. The maximum Gasteiger partial charge on any atom is 0.127 e. The summed E-state index contributed by atoms with van der Waals surface area (Å²) in [5, 5.41) is 8.22. The van der Waals surface area contributed by atoms with Gasteiger partial charge >= 0.3 is 0 Å². The van der Waals surface area contributed by atoms with E-state index in [1.165, 1.54) is 49.4 Å². The lowest BCUT2D eigenvalue weighted by atomic mass is 10.1. The Bertz CT molecular complexity index is 390. The van der Waals surface area contributed by atoms with Gasteiger partial charge in [0.2, 0.25) is 0 Å². The number of piperidine rings is 1. The zero-order chi connectivity index (χ0) is 11.7. The average Bonchev–Trinajstić information content (AvgIpc) is 2.94. The fraction of sp³-hybridized carbons (Fsp3) is 0.769. The molecule has 1 aromatic heterocycles. The largest absolute Gasteiger partial charge is 0.370 e. The Morgan fingerprint density at radius 3 is 2.82 bits per heavy atom. The van der Waals surface area contributed by atoms with Gasteiger partial charge in [-0.3, -0.25) is 4.90 Å². The molecule has 0 atom stereocenters. The summed E-state index contributed by atoms with van der Waals surface area (Å²) in [5.74, 6) is 1.28. The Labute approximate surface area is 103 Å². The molecule has 0 amide bonds. The van der Waals surface area contributed by atoms with Gasteiger partial charge in [0.05, 0.1) is 5.69 Å². The van der Waals surface area contributed by atoms with Crippen LogP contribution in [0.15, 0.2) is 0 Å². The molecule has 3 heterocycles. The minimum Gasteiger partial charge on any atom is -0.370 e. The minimum atomic E-state index is 0.968. The summed E-state index contributed by atoms with van der Waals surface area (Å²) in [6.07, 6.45) is 5.27. The summed E-state index contributed by atoms with van der Waals surface area (Å²) >= 11 is 0. The van der Waals surface area contributed by atoms with Crippen LogP contribution in [0.2, 0.25) is 0 Å². The fourth-order valence-corrected chi connectivity index (χ4v) is 3.00. The highest BCUT2D eigenvalue weighted by Crippen LogP contribution is 2.27. The predicted molar refractivity (Wildman–Crippen MR) is 69.2 cm³/mol. The molecule has 0 saturated carbocycles. The van der Waals surface area contributed by atoms with E-state index in [0.717, 1.165) is 26.1 Å². The van der Waals surface area contributed by atoms with Crippen molar-refractivity contribution in [3.05, 3.63) is 11.3 Å². The third-order valence-corrected chi connectivity index (χ3v) is 3.92. The third-order valence-electron chi connectivity index (χ3n) is 3.92. The number of anilines is 1. The molecule has 1 N–H and O–H groups in total. The van der Waals surface area contributed by atoms with Crippen molar-refractivity contribution in [2.45, 2.75) is 45.7 Å². The van der Waals surface area contributed by atoms with Crippen LogP contribution in [-0.2, 0) is 19.5 Å². The standard InChI is InChI=1S/C13H22N4/c1-2-17-13-11(6-7-14-13)12(15-17)10-16-8-4-3-5-9-16/h14H,2-10H2,1H3. The van der Waals surface area contributed by atoms with E-state index in [-0.39, 0.29) is 0 Å². The first-order valence-electron chi connectivity index (χ1n) is 6.93. The van der Waals surface area contributed by atoms with Crippen LogP contribution in [0.1, 0.15) is 37.4 Å². The normalized spacial score (nSPS) is 20.3. The van der Waals surface area contributed by atoms with Crippen LogP contribution in [0.5, 0.6) is 0 Å². The summed E-state index contributed by atoms with van der Waals surface area (Å²) in [6, 6.07) is 0. The van der Waals surface area contributed by atoms with E-state index < -0.39 is 0 Å². The lowest BCUT2D eigenvalue weighted by molar-refractivity contribution is 0.217. The molecule has 0 aromatic carbocycles. The molecule has 94 valence electrons. The number of hydrogen-bond acceptors (Lipinski definition) is 3. The molecule has 0 bridgehead atoms. The van der Waals surface area contributed by atoms with Gasteiger partial charge in [-0.1, -0.05) is 6.42 Å². The second-order valence-electron chi connectivity index (χ2n) is 5.10. The van der Waals surface area contributed by atoms with Gasteiger partial charge in [-0.15, -0.1) is 0 Å². The van der Waals surface area contributed by atoms with Gasteiger partial charge in [0.15, 0.2) is 0 Å². The maximum atomic E-state index is 4.76. The van der Waals surface area contributed by atoms with Crippen molar-refractivity contribution in [3.8, 4) is 0 Å². The molecule has 1 saturated heterocycles. The van der Waals surface area contributed by atoms with Crippen LogP contribution >= 0.6 is 0 Å². The zero-order valence-corrected chi connectivity index (χ0v) is 10.7. The van der Waals surface area contributed by atoms with Crippen LogP contribution in [0, 0.1) is 0 Å². The molecule has 0 unspecified atom stereocenters. The zero-order valence-electron chi connectivity index (χ0n) is 10.7. The van der Waals surface area contributed by atoms with E-state index in [1.54, 1.807) is 0 Å². The van der Waals surface area contributed by atoms with Crippen LogP contribution in [0.3, 0.4) is 0 Å². The van der Waals surface area contributed by atoms with Crippen LogP contribution in [0.4, 0.5) is 5.82 Å². The summed E-state index contributed by atoms with van der Waals surface area (Å²) in [6.45, 7) is 7.77. The Kier molecular flexibility index (Phi) is 3.05. The van der Waals surface area contributed by atoms with Crippen molar-refractivity contribution in [1.29, 1.82) is 0 Å². The van der Waals surface area contributed by atoms with Crippen molar-refractivity contribution < 1.29 is 0 Å². The molecule has 2 aliphatic heterocycles. The van der Waals surface area contributed by atoms with E-state index in [9.17, 15) is 0 Å². The van der Waals surface area contributed by atoms with E-state index in [4.69, 9.17) is 5.10 Å². The number of likely N-dealkylation sites (tertiary alicyclic amines) is 1. The van der Waals surface area contributed by atoms with E-state index >= 15 is 0 Å². The Hall–Kier alpha value is -1.03. The summed E-state index contributed by atoms with van der Waals surface area (Å²) in [4.78, 5) is 2.56. The number of rotatable bonds is 3. The highest BCUT2D eigenvalue weighted by molar-refractivity contribution is 5.52. The topological polar surface area (TPSA) is 33.1 Å². The number of nitrogens with zero attached hydrogens (tertiary/aromatic N) is 3. The molecule has 0 aliphatic carbocycles. The predicted octanol–water partition coefficient (Wildman–Crippen LogP) is 1.86. The van der Waals surface area contributed by atoms with Crippen molar-refractivity contribution in [3.63, 3.8) is 0 Å². The van der Waals surface area contributed by atoms with Gasteiger partial charge in [-0.05, 0) is 39.3 Å². The molecule has 1 fully saturated rings. The number of aromatic nitrogens is 2. The molecule has 3 rings (SSSR count). The number of nitrogens with one attached hydrogen (secondary N) is 1. The molecule has 0 spiro atoms. The molecular formula is C13H22N4. The summed E-state index contributed by atoms with van der Waals surface area (Å²) in [5.41, 5.74) is 2.78. The van der Waals surface area contributed by atoms with Gasteiger partial charge < -0.3 is 5.32 Å². The summed E-state index contributed by atoms with van der Waals surface area (Å²) in [7, 11) is 0. The second kappa shape index (κ2) is 4.69. The second-order valence-corrected chi connectivity index (χ2v) is 5.10. The van der Waals surface area contributed by atoms with Crippen LogP contribution < -0.4 is 5.32 Å². The minimum absolute atomic E-state index is 0.968. The van der Waals surface area contributed by atoms with Gasteiger partial charge in [0.25, 0.3) is 0 Å². The van der Waals surface area contributed by atoms with E-state index in [0.29, 0.717) is 0 Å². The Morgan fingerprint density at radius 1 is 1.24 bits per heavy atom. The molecule has 17 heavy (non-hydrogen) atoms. The first-order chi connectivity index (χ1) is 8.38. The van der Waals surface area contributed by atoms with Crippen molar-refractivity contribution in [2.75, 3.05) is 25.0 Å². The quantitative estimate of drug-likeness (QED) is 0.866. The van der Waals surface area contributed by atoms with Gasteiger partial charge in [0.1, 0.15) is 5.82 Å². The summed E-state index contributed by atoms with van der Waals surface area (Å²) < 4.78 is 2.13. The van der Waals surface area contributed by atoms with Gasteiger partial charge in [-0.2, -0.15) is 5.10 Å². The lowest BCUT2D eigenvalue weighted by Crippen LogP contribution is -2.29. The number of fused-ring (bicyclic) bond motifs is 1. The van der Waals surface area contributed by atoms with Gasteiger partial charge in [-0.25, -0.2) is 4.68 Å². The highest BCUT2D eigenvalue weighted by atomic mass is 15.3. The van der Waals surface area contributed by atoms with Gasteiger partial charge in [0, 0.05) is 25.2 Å². The highest BCUT2D eigenvalue weighted by Gasteiger charge is 2.23. The van der Waals surface area contributed by atoms with E-state index in [2.05, 4.69) is 21.8 Å². The van der Waals surface area contributed by atoms with Crippen molar-refractivity contribution in [1.82, 2.24) is 14.7 Å². The SMILES string of the molecule is CCn1nc(CN2CCCCC2)c2c1NCC2. The lowest BCUT2D eigenvalue weighted by Gasteiger charge is -2.25. The first-order valence-corrected chi connectivity index (χ1v) is 6.93. The van der Waals surface area contributed by atoms with Crippen molar-refractivity contribution in [2.24, 2.45) is 0 Å². The number of hydrogen-bond donors (Lipinski definition) is 1. The third kappa shape index (κ3) is 2.06. The first kappa shape index (κ1) is 11.1. The molecule has 4 heteroatoms. The van der Waals surface area contributed by atoms with Crippen molar-refractivity contribution >= 4 is 5.82 Å². The molecular weight excluding hydrogens is 212 g/mol. The monoisotopic (exact) mass is 234 g/mol. The number of aryl methyl sites for hydroxylation is 1. The fourth-order valence-electron chi connectivity index (χ4n) is 3.00. The maximum absolute atomic E-state index is 4.76. The Balaban J connectivity index is 1.78. The molecule has 4 nitrogen and oxygen atoms in total. The molecule has 0 radical (unpaired) electrons.